The van der Waals surface area contributed by atoms with Gasteiger partial charge in [0.2, 0.25) is 0 Å². The van der Waals surface area contributed by atoms with Crippen LogP contribution in [-0.4, -0.2) is 24.5 Å². The van der Waals surface area contributed by atoms with E-state index < -0.39 is 0 Å². The van der Waals surface area contributed by atoms with Crippen molar-refractivity contribution in [3.05, 3.63) is 22.4 Å². The zero-order valence-corrected chi connectivity index (χ0v) is 11.0. The first-order valence-electron chi connectivity index (χ1n) is 5.84. The van der Waals surface area contributed by atoms with E-state index in [9.17, 15) is 0 Å². The summed E-state index contributed by atoms with van der Waals surface area (Å²) >= 11 is 1.82. The zero-order valence-electron chi connectivity index (χ0n) is 10.1. The number of rotatable bonds is 7. The standard InChI is InChI=1S/C13H20N2S/c1-12(2)11-15(8-4-7-14)9-6-13-5-3-10-16-13/h3,5,10,12H,4,6,8-9,11H2,1-2H3. The van der Waals surface area contributed by atoms with E-state index in [1.165, 1.54) is 4.88 Å². The molecule has 0 saturated heterocycles. The van der Waals surface area contributed by atoms with Crippen LogP contribution < -0.4 is 0 Å². The molecule has 0 spiro atoms. The Hall–Kier alpha value is -0.850. The Bertz CT molecular complexity index is 311. The predicted molar refractivity (Wildman–Crippen MR) is 69.5 cm³/mol. The molecule has 0 saturated carbocycles. The molecule has 0 radical (unpaired) electrons. The Balaban J connectivity index is 2.34. The van der Waals surface area contributed by atoms with Crippen LogP contribution in [0.25, 0.3) is 0 Å². The summed E-state index contributed by atoms with van der Waals surface area (Å²) < 4.78 is 0. The highest BCUT2D eigenvalue weighted by Crippen LogP contribution is 2.10. The second kappa shape index (κ2) is 7.43. The highest BCUT2D eigenvalue weighted by molar-refractivity contribution is 7.09. The molecule has 0 aliphatic heterocycles. The fraction of sp³-hybridized carbons (Fsp3) is 0.615. The second-order valence-corrected chi connectivity index (χ2v) is 5.46. The monoisotopic (exact) mass is 236 g/mol. The summed E-state index contributed by atoms with van der Waals surface area (Å²) in [7, 11) is 0. The van der Waals surface area contributed by atoms with Crippen LogP contribution in [0, 0.1) is 17.2 Å². The normalized spacial score (nSPS) is 10.9. The maximum absolute atomic E-state index is 8.63. The van der Waals surface area contributed by atoms with Crippen LogP contribution in [0.3, 0.4) is 0 Å². The van der Waals surface area contributed by atoms with E-state index in [-0.39, 0.29) is 0 Å². The van der Waals surface area contributed by atoms with Crippen LogP contribution in [0.1, 0.15) is 25.1 Å². The summed E-state index contributed by atoms with van der Waals surface area (Å²) in [5.41, 5.74) is 0. The van der Waals surface area contributed by atoms with Gasteiger partial charge >= 0.3 is 0 Å². The van der Waals surface area contributed by atoms with E-state index in [1.807, 2.05) is 11.3 Å². The van der Waals surface area contributed by atoms with Crippen LogP contribution in [0.2, 0.25) is 0 Å². The Morgan fingerprint density at radius 1 is 1.44 bits per heavy atom. The van der Waals surface area contributed by atoms with Crippen molar-refractivity contribution >= 4 is 11.3 Å². The van der Waals surface area contributed by atoms with Crippen molar-refractivity contribution in [3.63, 3.8) is 0 Å². The molecule has 16 heavy (non-hydrogen) atoms. The van der Waals surface area contributed by atoms with E-state index in [1.54, 1.807) is 0 Å². The third-order valence-corrected chi connectivity index (χ3v) is 3.35. The molecular formula is C13H20N2S. The van der Waals surface area contributed by atoms with Gasteiger partial charge in [0, 0.05) is 30.9 Å². The number of hydrogen-bond donors (Lipinski definition) is 0. The third-order valence-electron chi connectivity index (χ3n) is 2.42. The summed E-state index contributed by atoms with van der Waals surface area (Å²) in [6.45, 7) is 7.52. The van der Waals surface area contributed by atoms with Gasteiger partial charge in [-0.2, -0.15) is 5.26 Å². The number of nitrogens with zero attached hydrogens (tertiary/aromatic N) is 2. The Kier molecular flexibility index (Phi) is 6.14. The molecule has 0 aliphatic rings. The third kappa shape index (κ3) is 5.29. The minimum absolute atomic E-state index is 0.636. The molecule has 0 N–H and O–H groups in total. The van der Waals surface area contributed by atoms with Crippen LogP contribution in [0.5, 0.6) is 0 Å². The van der Waals surface area contributed by atoms with Gasteiger partial charge in [-0.25, -0.2) is 0 Å². The van der Waals surface area contributed by atoms with Crippen LogP contribution in [0.4, 0.5) is 0 Å². The second-order valence-electron chi connectivity index (χ2n) is 4.43. The molecule has 1 heterocycles. The minimum atomic E-state index is 0.636. The quantitative estimate of drug-likeness (QED) is 0.727. The molecule has 3 heteroatoms. The van der Waals surface area contributed by atoms with Crippen molar-refractivity contribution in [1.29, 1.82) is 5.26 Å². The lowest BCUT2D eigenvalue weighted by atomic mass is 10.2. The average molecular weight is 236 g/mol. The van der Waals surface area contributed by atoms with Crippen molar-refractivity contribution in [2.45, 2.75) is 26.7 Å². The summed E-state index contributed by atoms with van der Waals surface area (Å²) in [4.78, 5) is 3.83. The van der Waals surface area contributed by atoms with E-state index in [4.69, 9.17) is 5.26 Å². The smallest absolute Gasteiger partial charge is 0.0635 e. The van der Waals surface area contributed by atoms with Gasteiger partial charge in [-0.1, -0.05) is 19.9 Å². The van der Waals surface area contributed by atoms with Crippen molar-refractivity contribution in [3.8, 4) is 6.07 Å². The maximum Gasteiger partial charge on any atom is 0.0635 e. The topological polar surface area (TPSA) is 27.0 Å². The Morgan fingerprint density at radius 2 is 2.25 bits per heavy atom. The number of hydrogen-bond acceptors (Lipinski definition) is 3. The lowest BCUT2D eigenvalue weighted by Gasteiger charge is -2.22. The van der Waals surface area contributed by atoms with Crippen molar-refractivity contribution < 1.29 is 0 Å². The van der Waals surface area contributed by atoms with Crippen molar-refractivity contribution in [1.82, 2.24) is 4.90 Å². The molecule has 0 bridgehead atoms. The SMILES string of the molecule is CC(C)CN(CCC#N)CCc1cccs1. The first-order chi connectivity index (χ1) is 7.72. The largest absolute Gasteiger partial charge is 0.302 e. The van der Waals surface area contributed by atoms with Crippen LogP contribution in [-0.2, 0) is 6.42 Å². The molecule has 0 fully saturated rings. The van der Waals surface area contributed by atoms with Gasteiger partial charge in [0.1, 0.15) is 0 Å². The fourth-order valence-electron chi connectivity index (χ4n) is 1.74. The van der Waals surface area contributed by atoms with Gasteiger partial charge in [0.05, 0.1) is 6.07 Å². The van der Waals surface area contributed by atoms with Crippen molar-refractivity contribution in [2.75, 3.05) is 19.6 Å². The minimum Gasteiger partial charge on any atom is -0.302 e. The first kappa shape index (κ1) is 13.2. The molecule has 0 amide bonds. The van der Waals surface area contributed by atoms with Gasteiger partial charge < -0.3 is 4.90 Å². The first-order valence-corrected chi connectivity index (χ1v) is 6.72. The molecule has 1 rings (SSSR count). The molecule has 1 aromatic rings. The number of thiophene rings is 1. The number of nitriles is 1. The van der Waals surface area contributed by atoms with E-state index in [0.29, 0.717) is 12.3 Å². The molecule has 2 nitrogen and oxygen atoms in total. The van der Waals surface area contributed by atoms with Gasteiger partial charge in [-0.15, -0.1) is 11.3 Å². The van der Waals surface area contributed by atoms with Gasteiger partial charge in [-0.05, 0) is 23.8 Å². The molecule has 88 valence electrons. The summed E-state index contributed by atoms with van der Waals surface area (Å²) in [6, 6.07) is 6.51. The van der Waals surface area contributed by atoms with Crippen LogP contribution in [0.15, 0.2) is 17.5 Å². The van der Waals surface area contributed by atoms with E-state index in [2.05, 4.69) is 42.3 Å². The van der Waals surface area contributed by atoms with Crippen molar-refractivity contribution in [2.24, 2.45) is 5.92 Å². The van der Waals surface area contributed by atoms with Crippen LogP contribution >= 0.6 is 11.3 Å². The van der Waals surface area contributed by atoms with E-state index >= 15 is 0 Å². The lowest BCUT2D eigenvalue weighted by molar-refractivity contribution is 0.253. The Labute approximate surface area is 103 Å². The molecule has 0 aliphatic carbocycles. The summed E-state index contributed by atoms with van der Waals surface area (Å²) in [5, 5.41) is 10.7. The molecule has 0 unspecified atom stereocenters. The predicted octanol–water partition coefficient (Wildman–Crippen LogP) is 3.16. The Morgan fingerprint density at radius 3 is 2.81 bits per heavy atom. The van der Waals surface area contributed by atoms with E-state index in [0.717, 1.165) is 26.1 Å². The van der Waals surface area contributed by atoms with Gasteiger partial charge in [-0.3, -0.25) is 0 Å². The summed E-state index contributed by atoms with van der Waals surface area (Å²) in [6.07, 6.45) is 1.74. The fourth-order valence-corrected chi connectivity index (χ4v) is 2.44. The highest BCUT2D eigenvalue weighted by atomic mass is 32.1. The average Bonchev–Trinajstić information content (AvgIpc) is 2.74. The highest BCUT2D eigenvalue weighted by Gasteiger charge is 2.07. The maximum atomic E-state index is 8.63. The molecular weight excluding hydrogens is 216 g/mol. The summed E-state index contributed by atoms with van der Waals surface area (Å²) in [5.74, 6) is 0.669. The lowest BCUT2D eigenvalue weighted by Crippen LogP contribution is -2.30. The molecule has 0 atom stereocenters. The van der Waals surface area contributed by atoms with Gasteiger partial charge in [0.15, 0.2) is 0 Å². The molecule has 0 aromatic carbocycles. The van der Waals surface area contributed by atoms with Gasteiger partial charge in [0.25, 0.3) is 0 Å². The molecule has 1 aromatic heterocycles. The zero-order chi connectivity index (χ0) is 11.8.